The van der Waals surface area contributed by atoms with Crippen molar-refractivity contribution in [3.8, 4) is 0 Å². The number of anilines is 2. The summed E-state index contributed by atoms with van der Waals surface area (Å²) in [7, 11) is 0. The average molecular weight is 344 g/mol. The number of aryl methyl sites for hydroxylation is 1. The minimum absolute atomic E-state index is 0.00528. The monoisotopic (exact) mass is 344 g/mol. The number of rotatable bonds is 13. The van der Waals surface area contributed by atoms with E-state index in [-0.39, 0.29) is 13.2 Å². The number of nitrogens with two attached hydrogens (primary N) is 1. The second-order valence-electron chi connectivity index (χ2n) is 5.06. The molecule has 0 heterocycles. The molecule has 0 spiro atoms. The molecule has 1 aromatic carbocycles. The number of thiol groups is 1. The maximum Gasteiger partial charge on any atom is 0.0749 e. The van der Waals surface area contributed by atoms with Gasteiger partial charge in [-0.2, -0.15) is 12.6 Å². The number of nitrogen functional groups attached to an aromatic ring is 1. The van der Waals surface area contributed by atoms with Crippen molar-refractivity contribution in [1.29, 1.82) is 0 Å². The van der Waals surface area contributed by atoms with Crippen LogP contribution in [0.3, 0.4) is 0 Å². The van der Waals surface area contributed by atoms with Crippen LogP contribution >= 0.6 is 12.6 Å². The first kappa shape index (κ1) is 20.1. The molecule has 0 bridgehead atoms. The first-order valence-corrected chi connectivity index (χ1v) is 8.55. The maximum absolute atomic E-state index is 8.84. The first-order valence-electron chi connectivity index (χ1n) is 7.92. The van der Waals surface area contributed by atoms with Crippen LogP contribution in [-0.4, -0.2) is 55.5 Å². The summed E-state index contributed by atoms with van der Waals surface area (Å²) in [5.41, 5.74) is 8.68. The summed E-state index contributed by atoms with van der Waals surface area (Å²) in [6.07, 6.45) is 2.28. The van der Waals surface area contributed by atoms with Crippen LogP contribution in [0, 0.1) is 0 Å². The fourth-order valence-electron chi connectivity index (χ4n) is 2.06. The maximum atomic E-state index is 8.84. The Morgan fingerprint density at radius 2 is 1.91 bits per heavy atom. The smallest absolute Gasteiger partial charge is 0.0749 e. The molecule has 4 N–H and O–H groups in total. The predicted octanol–water partition coefficient (Wildman–Crippen LogP) is 1.26. The summed E-state index contributed by atoms with van der Waals surface area (Å²) in [5.74, 6) is 0.727. The summed E-state index contributed by atoms with van der Waals surface area (Å²) < 4.78 is 5.32. The van der Waals surface area contributed by atoms with Crippen molar-refractivity contribution in [3.63, 3.8) is 0 Å². The highest BCUT2D eigenvalue weighted by molar-refractivity contribution is 7.80. The average Bonchev–Trinajstić information content (AvgIpc) is 2.56. The van der Waals surface area contributed by atoms with Crippen molar-refractivity contribution in [2.75, 3.05) is 56.1 Å². The van der Waals surface area contributed by atoms with Crippen LogP contribution in [0.5, 0.6) is 0 Å². The van der Waals surface area contributed by atoms with E-state index < -0.39 is 0 Å². The third-order valence-electron chi connectivity index (χ3n) is 3.27. The highest BCUT2D eigenvalue weighted by Crippen LogP contribution is 2.22. The van der Waals surface area contributed by atoms with E-state index >= 15 is 0 Å². The predicted molar refractivity (Wildman–Crippen MR) is 95.9 cm³/mol. The Balaban J connectivity index is 2.69. The van der Waals surface area contributed by atoms with Crippen molar-refractivity contribution < 1.29 is 19.8 Å². The molecule has 1 aromatic rings. The Kier molecular flexibility index (Phi) is 10.8. The molecule has 0 aliphatic heterocycles. The van der Waals surface area contributed by atoms with Gasteiger partial charge in [-0.1, -0.05) is 0 Å². The van der Waals surface area contributed by atoms with Gasteiger partial charge in [-0.15, -0.1) is 0 Å². The first-order chi connectivity index (χ1) is 11.2. The third-order valence-corrected chi connectivity index (χ3v) is 3.49. The van der Waals surface area contributed by atoms with Crippen molar-refractivity contribution in [2.24, 2.45) is 0 Å². The van der Waals surface area contributed by atoms with E-state index in [0.29, 0.717) is 32.8 Å². The lowest BCUT2D eigenvalue weighted by Gasteiger charge is -2.25. The molecule has 6 nitrogen and oxygen atoms in total. The standard InChI is InChI=1S/C16H28N2O4S/c17-16-4-3-15(13-14(16)5-12-23)18(6-10-21-11-8-20)22-9-2-1-7-19/h3-4,13,19-20,23H,1-2,5-12,17H2. The molecule has 132 valence electrons. The highest BCUT2D eigenvalue weighted by atomic mass is 32.1. The topological polar surface area (TPSA) is 88.2 Å². The summed E-state index contributed by atoms with van der Waals surface area (Å²) >= 11 is 4.26. The van der Waals surface area contributed by atoms with E-state index in [4.69, 9.17) is 25.5 Å². The SMILES string of the molecule is Nc1ccc(N(CCOCCO)OCCCCO)cc1CCS. The minimum Gasteiger partial charge on any atom is -0.399 e. The third kappa shape index (κ3) is 7.90. The molecule has 0 aromatic heterocycles. The zero-order valence-corrected chi connectivity index (χ0v) is 14.4. The van der Waals surface area contributed by atoms with Crippen LogP contribution in [0.25, 0.3) is 0 Å². The summed E-state index contributed by atoms with van der Waals surface area (Å²) in [6, 6.07) is 5.78. The second-order valence-corrected chi connectivity index (χ2v) is 5.51. The molecule has 0 amide bonds. The van der Waals surface area contributed by atoms with Gasteiger partial charge in [0, 0.05) is 12.3 Å². The van der Waals surface area contributed by atoms with Crippen LogP contribution in [0.15, 0.2) is 18.2 Å². The van der Waals surface area contributed by atoms with Gasteiger partial charge in [0.2, 0.25) is 0 Å². The highest BCUT2D eigenvalue weighted by Gasteiger charge is 2.10. The van der Waals surface area contributed by atoms with E-state index in [0.717, 1.165) is 35.5 Å². The lowest BCUT2D eigenvalue weighted by molar-refractivity contribution is 0.0583. The number of unbranched alkanes of at least 4 members (excludes halogenated alkanes) is 1. The molecule has 0 fully saturated rings. The number of hydrogen-bond donors (Lipinski definition) is 4. The number of aliphatic hydroxyl groups excluding tert-OH is 2. The van der Waals surface area contributed by atoms with E-state index in [9.17, 15) is 0 Å². The van der Waals surface area contributed by atoms with Crippen molar-refractivity contribution in [1.82, 2.24) is 0 Å². The Bertz CT molecular complexity index is 423. The summed E-state index contributed by atoms with van der Waals surface area (Å²) in [4.78, 5) is 5.80. The van der Waals surface area contributed by atoms with E-state index in [1.165, 1.54) is 0 Å². The zero-order chi connectivity index (χ0) is 16.9. The molecule has 7 heteroatoms. The van der Waals surface area contributed by atoms with Gasteiger partial charge in [0.05, 0.1) is 38.7 Å². The Labute approximate surface area is 143 Å². The molecular weight excluding hydrogens is 316 g/mol. The lowest BCUT2D eigenvalue weighted by Crippen LogP contribution is -2.29. The van der Waals surface area contributed by atoms with Crippen LogP contribution in [0.1, 0.15) is 18.4 Å². The van der Waals surface area contributed by atoms with Crippen LogP contribution < -0.4 is 10.8 Å². The van der Waals surface area contributed by atoms with Gasteiger partial charge >= 0.3 is 0 Å². The molecule has 0 aliphatic rings. The number of nitrogens with zero attached hydrogens (tertiary/aromatic N) is 1. The lowest BCUT2D eigenvalue weighted by atomic mass is 10.1. The number of ether oxygens (including phenoxy) is 1. The molecular formula is C16H28N2O4S. The van der Waals surface area contributed by atoms with Gasteiger partial charge in [-0.05, 0) is 48.8 Å². The molecule has 0 radical (unpaired) electrons. The quantitative estimate of drug-likeness (QED) is 0.186. The number of benzene rings is 1. The molecule has 0 saturated carbocycles. The van der Waals surface area contributed by atoms with Gasteiger partial charge in [-0.25, -0.2) is 0 Å². The van der Waals surface area contributed by atoms with E-state index in [2.05, 4.69) is 12.6 Å². The van der Waals surface area contributed by atoms with Gasteiger partial charge in [0.1, 0.15) is 0 Å². The van der Waals surface area contributed by atoms with Crippen LogP contribution in [0.4, 0.5) is 11.4 Å². The second kappa shape index (κ2) is 12.4. The molecule has 0 atom stereocenters. The number of aliphatic hydroxyl groups is 2. The van der Waals surface area contributed by atoms with Gasteiger partial charge in [0.15, 0.2) is 0 Å². The summed E-state index contributed by atoms with van der Waals surface area (Å²) in [6.45, 7) is 2.00. The van der Waals surface area contributed by atoms with E-state index in [1.807, 2.05) is 18.2 Å². The zero-order valence-electron chi connectivity index (χ0n) is 13.5. The Hall–Kier alpha value is -0.990. The fourth-order valence-corrected chi connectivity index (χ4v) is 2.30. The van der Waals surface area contributed by atoms with E-state index in [1.54, 1.807) is 5.06 Å². The largest absolute Gasteiger partial charge is 0.399 e. The molecule has 1 rings (SSSR count). The number of hydrogen-bond acceptors (Lipinski definition) is 7. The van der Waals surface area contributed by atoms with Gasteiger partial charge < -0.3 is 20.7 Å². The summed E-state index contributed by atoms with van der Waals surface area (Å²) in [5, 5.41) is 19.4. The van der Waals surface area contributed by atoms with Gasteiger partial charge in [0.25, 0.3) is 0 Å². The van der Waals surface area contributed by atoms with Crippen molar-refractivity contribution >= 4 is 24.0 Å². The number of hydroxylamine groups is 1. The normalized spacial score (nSPS) is 10.9. The van der Waals surface area contributed by atoms with Crippen LogP contribution in [-0.2, 0) is 16.0 Å². The molecule has 23 heavy (non-hydrogen) atoms. The Morgan fingerprint density at radius 3 is 2.61 bits per heavy atom. The van der Waals surface area contributed by atoms with Crippen molar-refractivity contribution in [2.45, 2.75) is 19.3 Å². The van der Waals surface area contributed by atoms with Gasteiger partial charge in [-0.3, -0.25) is 9.90 Å². The van der Waals surface area contributed by atoms with Crippen molar-refractivity contribution in [3.05, 3.63) is 23.8 Å². The molecule has 0 saturated heterocycles. The fraction of sp³-hybridized carbons (Fsp3) is 0.625. The molecule has 0 unspecified atom stereocenters. The Morgan fingerprint density at radius 1 is 1.09 bits per heavy atom. The van der Waals surface area contributed by atoms with Crippen LogP contribution in [0.2, 0.25) is 0 Å². The minimum atomic E-state index is 0.00528. The molecule has 0 aliphatic carbocycles.